The number of aromatic nitrogens is 3. The summed E-state index contributed by atoms with van der Waals surface area (Å²) in [4.78, 5) is 0. The summed E-state index contributed by atoms with van der Waals surface area (Å²) in [5.41, 5.74) is 1.02. The van der Waals surface area contributed by atoms with Crippen LogP contribution in [0.2, 0.25) is 0 Å². The highest BCUT2D eigenvalue weighted by molar-refractivity contribution is 7.95. The Balaban J connectivity index is 0.00000172. The lowest BCUT2D eigenvalue weighted by Gasteiger charge is -2.05. The van der Waals surface area contributed by atoms with Crippen LogP contribution in [0.1, 0.15) is 39.8 Å². The van der Waals surface area contributed by atoms with Crippen LogP contribution in [0.25, 0.3) is 0 Å². The first-order valence-electron chi connectivity index (χ1n) is 7.45. The minimum Gasteiger partial charge on any atom is -0.378 e. The van der Waals surface area contributed by atoms with Crippen molar-refractivity contribution in [1.82, 2.24) is 24.4 Å². The molecule has 0 aliphatic rings. The van der Waals surface area contributed by atoms with Crippen LogP contribution in [-0.4, -0.2) is 41.3 Å². The van der Waals surface area contributed by atoms with Gasteiger partial charge in [-0.05, 0) is 12.8 Å². The molecule has 0 radical (unpaired) electrons. The Morgan fingerprint density at radius 2 is 1.95 bits per heavy atom. The number of nitrogens with one attached hydrogen (secondary N) is 2. The van der Waals surface area contributed by atoms with Crippen LogP contribution in [0.15, 0.2) is 6.20 Å². The first kappa shape index (κ1) is 19.4. The van der Waals surface area contributed by atoms with Crippen LogP contribution >= 0.6 is 12.1 Å². The standard InChI is InChI=1S/C11H23N5OS.C2H6/c1-3-5-12-18-13-6-8-17-9-7-16-10-11(4-2)14-15-16;1-2/h10,12-13H,3-9H2,1-2H3;1-2H3. The molecule has 7 heteroatoms. The van der Waals surface area contributed by atoms with Crippen LogP contribution in [0.4, 0.5) is 0 Å². The Morgan fingerprint density at radius 1 is 1.20 bits per heavy atom. The summed E-state index contributed by atoms with van der Waals surface area (Å²) in [6.45, 7) is 12.2. The highest BCUT2D eigenvalue weighted by Crippen LogP contribution is 1.93. The number of aryl methyl sites for hydroxylation is 1. The van der Waals surface area contributed by atoms with E-state index in [-0.39, 0.29) is 0 Å². The minimum absolute atomic E-state index is 0.668. The SMILES string of the molecule is CC.CCCNSNCCOCCn1cc(CC)nn1. The van der Waals surface area contributed by atoms with Gasteiger partial charge in [-0.1, -0.05) is 32.9 Å². The van der Waals surface area contributed by atoms with Crippen LogP contribution in [-0.2, 0) is 17.7 Å². The van der Waals surface area contributed by atoms with Crippen LogP contribution in [0.5, 0.6) is 0 Å². The molecule has 0 atom stereocenters. The predicted octanol–water partition coefficient (Wildman–Crippen LogP) is 2.04. The molecule has 1 rings (SSSR count). The van der Waals surface area contributed by atoms with Gasteiger partial charge in [0.2, 0.25) is 0 Å². The Bertz CT molecular complexity index is 309. The average Bonchev–Trinajstić information content (AvgIpc) is 2.95. The minimum atomic E-state index is 0.668. The normalized spacial score (nSPS) is 10.2. The second-order valence-corrected chi connectivity index (χ2v) is 4.61. The summed E-state index contributed by atoms with van der Waals surface area (Å²) in [5.74, 6) is 0. The highest BCUT2D eigenvalue weighted by Gasteiger charge is 1.97. The Hall–Kier alpha value is -0.630. The Labute approximate surface area is 127 Å². The molecule has 0 fully saturated rings. The summed E-state index contributed by atoms with van der Waals surface area (Å²) in [6.07, 6.45) is 4.03. The molecule has 20 heavy (non-hydrogen) atoms. The molecular formula is C13H29N5OS. The average molecular weight is 303 g/mol. The van der Waals surface area contributed by atoms with E-state index in [1.165, 1.54) is 12.1 Å². The Kier molecular flexibility index (Phi) is 14.3. The van der Waals surface area contributed by atoms with E-state index in [9.17, 15) is 0 Å². The van der Waals surface area contributed by atoms with Crippen molar-refractivity contribution in [2.45, 2.75) is 47.1 Å². The van der Waals surface area contributed by atoms with E-state index in [0.717, 1.165) is 38.2 Å². The van der Waals surface area contributed by atoms with Crippen molar-refractivity contribution in [3.63, 3.8) is 0 Å². The lowest BCUT2D eigenvalue weighted by Crippen LogP contribution is -2.19. The van der Waals surface area contributed by atoms with Crippen LogP contribution < -0.4 is 9.44 Å². The number of nitrogens with zero attached hydrogens (tertiary/aromatic N) is 3. The van der Waals surface area contributed by atoms with Gasteiger partial charge in [-0.3, -0.25) is 4.72 Å². The van der Waals surface area contributed by atoms with E-state index >= 15 is 0 Å². The molecule has 1 aromatic heterocycles. The largest absolute Gasteiger partial charge is 0.378 e. The van der Waals surface area contributed by atoms with E-state index in [1.54, 1.807) is 0 Å². The lowest BCUT2D eigenvalue weighted by molar-refractivity contribution is 0.128. The van der Waals surface area contributed by atoms with E-state index in [1.807, 2.05) is 24.7 Å². The van der Waals surface area contributed by atoms with Gasteiger partial charge in [-0.15, -0.1) is 5.10 Å². The maximum absolute atomic E-state index is 5.49. The maximum Gasteiger partial charge on any atom is 0.0824 e. The van der Waals surface area contributed by atoms with Gasteiger partial charge in [-0.25, -0.2) is 9.40 Å². The van der Waals surface area contributed by atoms with Gasteiger partial charge in [-0.2, -0.15) is 0 Å². The van der Waals surface area contributed by atoms with Gasteiger partial charge in [0.15, 0.2) is 0 Å². The third kappa shape index (κ3) is 10.2. The molecule has 1 aromatic rings. The zero-order chi connectivity index (χ0) is 15.1. The van der Waals surface area contributed by atoms with Crippen molar-refractivity contribution in [2.24, 2.45) is 0 Å². The molecule has 0 saturated heterocycles. The van der Waals surface area contributed by atoms with Crippen LogP contribution in [0, 0.1) is 0 Å². The quantitative estimate of drug-likeness (QED) is 0.482. The molecule has 0 bridgehead atoms. The summed E-state index contributed by atoms with van der Waals surface area (Å²) in [6, 6.07) is 0. The number of hydrogen-bond donors (Lipinski definition) is 2. The topological polar surface area (TPSA) is 64.0 Å². The van der Waals surface area contributed by atoms with Crippen molar-refractivity contribution in [2.75, 3.05) is 26.3 Å². The highest BCUT2D eigenvalue weighted by atomic mass is 32.2. The van der Waals surface area contributed by atoms with Gasteiger partial charge >= 0.3 is 0 Å². The van der Waals surface area contributed by atoms with Crippen molar-refractivity contribution in [3.8, 4) is 0 Å². The fraction of sp³-hybridized carbons (Fsp3) is 0.846. The number of ether oxygens (including phenoxy) is 1. The molecule has 0 aromatic carbocycles. The molecule has 0 amide bonds. The van der Waals surface area contributed by atoms with Gasteiger partial charge in [0, 0.05) is 31.4 Å². The zero-order valence-electron chi connectivity index (χ0n) is 13.2. The molecule has 0 spiro atoms. The molecule has 0 aliphatic carbocycles. The second-order valence-electron chi connectivity index (χ2n) is 3.83. The lowest BCUT2D eigenvalue weighted by atomic mass is 10.4. The third-order valence-corrected chi connectivity index (χ3v) is 2.95. The second kappa shape index (κ2) is 14.8. The molecule has 118 valence electrons. The van der Waals surface area contributed by atoms with Crippen molar-refractivity contribution in [3.05, 3.63) is 11.9 Å². The van der Waals surface area contributed by atoms with E-state index in [4.69, 9.17) is 4.74 Å². The molecule has 0 unspecified atom stereocenters. The van der Waals surface area contributed by atoms with Crippen LogP contribution in [0.3, 0.4) is 0 Å². The van der Waals surface area contributed by atoms with Gasteiger partial charge in [0.1, 0.15) is 0 Å². The first-order valence-corrected chi connectivity index (χ1v) is 8.26. The first-order chi connectivity index (χ1) is 9.86. The fourth-order valence-electron chi connectivity index (χ4n) is 1.24. The molecule has 1 heterocycles. The van der Waals surface area contributed by atoms with E-state index in [0.29, 0.717) is 13.2 Å². The zero-order valence-corrected chi connectivity index (χ0v) is 14.0. The molecule has 2 N–H and O–H groups in total. The fourth-order valence-corrected chi connectivity index (χ4v) is 1.83. The van der Waals surface area contributed by atoms with Crippen molar-refractivity contribution < 1.29 is 4.74 Å². The number of hydrogen-bond acceptors (Lipinski definition) is 6. The van der Waals surface area contributed by atoms with Crippen molar-refractivity contribution in [1.29, 1.82) is 0 Å². The monoisotopic (exact) mass is 303 g/mol. The molecular weight excluding hydrogens is 274 g/mol. The third-order valence-electron chi connectivity index (χ3n) is 2.26. The van der Waals surface area contributed by atoms with Gasteiger partial charge in [0.25, 0.3) is 0 Å². The van der Waals surface area contributed by atoms with E-state index < -0.39 is 0 Å². The Morgan fingerprint density at radius 3 is 2.60 bits per heavy atom. The van der Waals surface area contributed by atoms with E-state index in [2.05, 4.69) is 33.6 Å². The van der Waals surface area contributed by atoms with Gasteiger partial charge < -0.3 is 4.74 Å². The summed E-state index contributed by atoms with van der Waals surface area (Å²) >= 11 is 1.53. The number of rotatable bonds is 11. The molecule has 6 nitrogen and oxygen atoms in total. The summed E-state index contributed by atoms with van der Waals surface area (Å²) < 4.78 is 13.7. The molecule has 0 saturated carbocycles. The van der Waals surface area contributed by atoms with Gasteiger partial charge in [0.05, 0.1) is 25.5 Å². The maximum atomic E-state index is 5.49. The van der Waals surface area contributed by atoms with Crippen molar-refractivity contribution >= 4 is 12.1 Å². The smallest absolute Gasteiger partial charge is 0.0824 e. The predicted molar refractivity (Wildman–Crippen MR) is 85.5 cm³/mol. The summed E-state index contributed by atoms with van der Waals surface area (Å²) in [7, 11) is 0. The summed E-state index contributed by atoms with van der Waals surface area (Å²) in [5, 5.41) is 8.04. The molecule has 0 aliphatic heterocycles.